The number of nitrogens with zero attached hydrogens (tertiary/aromatic N) is 2. The lowest BCUT2D eigenvalue weighted by molar-refractivity contribution is -0.115. The summed E-state index contributed by atoms with van der Waals surface area (Å²) in [5.41, 5.74) is 3.43. The number of carbonyl (C=O) groups excluding carboxylic acids is 1. The summed E-state index contributed by atoms with van der Waals surface area (Å²) in [7, 11) is 4.35. The summed E-state index contributed by atoms with van der Waals surface area (Å²) in [5, 5.41) is 2.90. The Morgan fingerprint density at radius 1 is 1.26 bits per heavy atom. The summed E-state index contributed by atoms with van der Waals surface area (Å²) in [6.45, 7) is 5.48. The molecule has 1 unspecified atom stereocenters. The van der Waals surface area contributed by atoms with Gasteiger partial charge < -0.3 is 10.2 Å². The van der Waals surface area contributed by atoms with Gasteiger partial charge in [0.2, 0.25) is 5.91 Å². The van der Waals surface area contributed by atoms with Crippen LogP contribution in [0.5, 0.6) is 0 Å². The van der Waals surface area contributed by atoms with Gasteiger partial charge in [0.1, 0.15) is 0 Å². The van der Waals surface area contributed by atoms with Crippen molar-refractivity contribution in [2.24, 2.45) is 0 Å². The molecule has 2 aliphatic rings. The number of anilines is 1. The third-order valence-corrected chi connectivity index (χ3v) is 4.59. The summed E-state index contributed by atoms with van der Waals surface area (Å²) < 4.78 is 0. The van der Waals surface area contributed by atoms with Crippen LogP contribution in [0.2, 0.25) is 0 Å². The first-order valence-corrected chi connectivity index (χ1v) is 6.82. The minimum absolute atomic E-state index is 0.0215. The van der Waals surface area contributed by atoms with Gasteiger partial charge in [-0.1, -0.05) is 12.1 Å². The zero-order valence-corrected chi connectivity index (χ0v) is 11.9. The van der Waals surface area contributed by atoms with Gasteiger partial charge in [-0.2, -0.15) is 0 Å². The van der Waals surface area contributed by atoms with E-state index in [-0.39, 0.29) is 11.4 Å². The maximum atomic E-state index is 11.5. The van der Waals surface area contributed by atoms with Crippen LogP contribution in [0.1, 0.15) is 18.1 Å². The van der Waals surface area contributed by atoms with Gasteiger partial charge in [-0.15, -0.1) is 0 Å². The van der Waals surface area contributed by atoms with Crippen LogP contribution in [-0.4, -0.2) is 49.4 Å². The minimum Gasteiger partial charge on any atom is -0.326 e. The molecule has 2 heterocycles. The molecule has 0 aromatic heterocycles. The third kappa shape index (κ3) is 2.05. The lowest BCUT2D eigenvalue weighted by atomic mass is 9.86. The second kappa shape index (κ2) is 4.32. The van der Waals surface area contributed by atoms with Crippen LogP contribution in [0.4, 0.5) is 5.69 Å². The van der Waals surface area contributed by atoms with E-state index in [9.17, 15) is 4.79 Å². The van der Waals surface area contributed by atoms with E-state index in [1.807, 2.05) is 6.07 Å². The first kappa shape index (κ1) is 12.6. The molecule has 1 atom stereocenters. The van der Waals surface area contributed by atoms with E-state index in [4.69, 9.17) is 0 Å². The van der Waals surface area contributed by atoms with Gasteiger partial charge in [0.15, 0.2) is 0 Å². The molecule has 4 nitrogen and oxygen atoms in total. The van der Waals surface area contributed by atoms with Crippen LogP contribution in [0.25, 0.3) is 0 Å². The molecular weight excluding hydrogens is 238 g/mol. The smallest absolute Gasteiger partial charge is 0.228 e. The van der Waals surface area contributed by atoms with Crippen LogP contribution < -0.4 is 5.32 Å². The Morgan fingerprint density at radius 2 is 2.05 bits per heavy atom. The molecule has 0 radical (unpaired) electrons. The highest BCUT2D eigenvalue weighted by Crippen LogP contribution is 2.34. The van der Waals surface area contributed by atoms with E-state index in [1.54, 1.807) is 0 Å². The van der Waals surface area contributed by atoms with Crippen molar-refractivity contribution in [1.82, 2.24) is 9.80 Å². The van der Waals surface area contributed by atoms with E-state index in [2.05, 4.69) is 48.3 Å². The van der Waals surface area contributed by atoms with Crippen LogP contribution >= 0.6 is 0 Å². The number of hydrogen-bond donors (Lipinski definition) is 1. The molecule has 102 valence electrons. The Balaban J connectivity index is 1.97. The first-order chi connectivity index (χ1) is 8.99. The molecule has 1 N–H and O–H groups in total. The van der Waals surface area contributed by atoms with Gasteiger partial charge in [0.05, 0.1) is 12.0 Å². The van der Waals surface area contributed by atoms with Crippen molar-refractivity contribution in [3.05, 3.63) is 29.3 Å². The van der Waals surface area contributed by atoms with Crippen molar-refractivity contribution >= 4 is 11.6 Å². The highest BCUT2D eigenvalue weighted by molar-refractivity contribution is 5.99. The van der Waals surface area contributed by atoms with Crippen molar-refractivity contribution in [2.75, 3.05) is 39.0 Å². The number of hydrogen-bond acceptors (Lipinski definition) is 3. The van der Waals surface area contributed by atoms with Gasteiger partial charge in [0, 0.05) is 25.3 Å². The standard InChI is InChI=1S/C15H21N3O/c1-15(10-17(2)6-7-18(15)3)12-4-5-13-11(8-12)9-14(19)16-13/h4-5,8H,6-7,9-10H2,1-3H3,(H,16,19). The van der Waals surface area contributed by atoms with Crippen molar-refractivity contribution in [1.29, 1.82) is 0 Å². The van der Waals surface area contributed by atoms with Crippen molar-refractivity contribution in [3.63, 3.8) is 0 Å². The first-order valence-electron chi connectivity index (χ1n) is 6.82. The predicted molar refractivity (Wildman–Crippen MR) is 76.3 cm³/mol. The third-order valence-electron chi connectivity index (χ3n) is 4.59. The molecule has 4 heteroatoms. The molecule has 1 aromatic rings. The molecule has 2 aliphatic heterocycles. The molecule has 3 rings (SSSR count). The highest BCUT2D eigenvalue weighted by atomic mass is 16.1. The zero-order valence-electron chi connectivity index (χ0n) is 11.9. The van der Waals surface area contributed by atoms with Crippen LogP contribution in [0.15, 0.2) is 18.2 Å². The molecule has 1 aromatic carbocycles. The maximum Gasteiger partial charge on any atom is 0.228 e. The number of likely N-dealkylation sites (N-methyl/N-ethyl adjacent to an activating group) is 2. The fourth-order valence-electron chi connectivity index (χ4n) is 3.17. The van der Waals surface area contributed by atoms with E-state index in [0.717, 1.165) is 30.9 Å². The second-order valence-corrected chi connectivity index (χ2v) is 6.03. The number of fused-ring (bicyclic) bond motifs is 1. The average molecular weight is 259 g/mol. The number of benzene rings is 1. The normalized spacial score (nSPS) is 28.3. The Morgan fingerprint density at radius 3 is 2.84 bits per heavy atom. The van der Waals surface area contributed by atoms with E-state index < -0.39 is 0 Å². The van der Waals surface area contributed by atoms with Crippen molar-refractivity contribution in [3.8, 4) is 0 Å². The molecule has 1 fully saturated rings. The minimum atomic E-state index is 0.0215. The van der Waals surface area contributed by atoms with Crippen molar-refractivity contribution in [2.45, 2.75) is 18.9 Å². The fraction of sp³-hybridized carbons (Fsp3) is 0.533. The monoisotopic (exact) mass is 259 g/mol. The van der Waals surface area contributed by atoms with Crippen LogP contribution in [0.3, 0.4) is 0 Å². The van der Waals surface area contributed by atoms with E-state index in [1.165, 1.54) is 5.56 Å². The summed E-state index contributed by atoms with van der Waals surface area (Å²) in [5.74, 6) is 0.103. The van der Waals surface area contributed by atoms with Gasteiger partial charge in [0.25, 0.3) is 0 Å². The number of carbonyl (C=O) groups is 1. The summed E-state index contributed by atoms with van der Waals surface area (Å²) in [4.78, 5) is 16.2. The lowest BCUT2D eigenvalue weighted by Crippen LogP contribution is -2.56. The summed E-state index contributed by atoms with van der Waals surface area (Å²) >= 11 is 0. The molecule has 19 heavy (non-hydrogen) atoms. The summed E-state index contributed by atoms with van der Waals surface area (Å²) in [6, 6.07) is 6.40. The maximum absolute atomic E-state index is 11.5. The second-order valence-electron chi connectivity index (χ2n) is 6.03. The van der Waals surface area contributed by atoms with E-state index in [0.29, 0.717) is 6.42 Å². The fourth-order valence-corrected chi connectivity index (χ4v) is 3.17. The molecular formula is C15H21N3O. The number of piperazine rings is 1. The molecule has 0 saturated carbocycles. The Labute approximate surface area is 114 Å². The molecule has 0 aliphatic carbocycles. The Kier molecular flexibility index (Phi) is 2.87. The largest absolute Gasteiger partial charge is 0.326 e. The quantitative estimate of drug-likeness (QED) is 0.825. The highest BCUT2D eigenvalue weighted by Gasteiger charge is 2.36. The van der Waals surface area contributed by atoms with E-state index >= 15 is 0 Å². The predicted octanol–water partition coefficient (Wildman–Crippen LogP) is 1.27. The number of amides is 1. The van der Waals surface area contributed by atoms with Gasteiger partial charge >= 0.3 is 0 Å². The lowest BCUT2D eigenvalue weighted by Gasteiger charge is -2.47. The number of nitrogens with one attached hydrogen (secondary N) is 1. The average Bonchev–Trinajstić information content (AvgIpc) is 2.73. The summed E-state index contributed by atoms with van der Waals surface area (Å²) in [6.07, 6.45) is 0.513. The molecule has 0 spiro atoms. The zero-order chi connectivity index (χ0) is 13.6. The van der Waals surface area contributed by atoms with Crippen molar-refractivity contribution < 1.29 is 4.79 Å². The molecule has 0 bridgehead atoms. The molecule has 1 amide bonds. The number of rotatable bonds is 1. The van der Waals surface area contributed by atoms with Gasteiger partial charge in [-0.05, 0) is 38.2 Å². The SMILES string of the molecule is CN1CCN(C)C(C)(c2ccc3c(c2)CC(=O)N3)C1. The van der Waals surface area contributed by atoms with Crippen LogP contribution in [0, 0.1) is 0 Å². The van der Waals surface area contributed by atoms with Gasteiger partial charge in [-0.25, -0.2) is 0 Å². The molecule has 1 saturated heterocycles. The van der Waals surface area contributed by atoms with Gasteiger partial charge in [-0.3, -0.25) is 9.69 Å². The van der Waals surface area contributed by atoms with Crippen LogP contribution in [-0.2, 0) is 16.8 Å². The topological polar surface area (TPSA) is 35.6 Å². The Bertz CT molecular complexity index is 528. The Hall–Kier alpha value is -1.39.